The van der Waals surface area contributed by atoms with Crippen molar-refractivity contribution in [2.75, 3.05) is 13.2 Å². The average molecular weight is 457 g/mol. The summed E-state index contributed by atoms with van der Waals surface area (Å²) < 4.78 is 16.7. The van der Waals surface area contributed by atoms with E-state index in [4.69, 9.17) is 13.9 Å². The van der Waals surface area contributed by atoms with E-state index in [-0.39, 0.29) is 24.5 Å². The second-order valence-corrected chi connectivity index (χ2v) is 9.00. The van der Waals surface area contributed by atoms with Crippen LogP contribution in [0.25, 0.3) is 0 Å². The zero-order valence-corrected chi connectivity index (χ0v) is 20.6. The van der Waals surface area contributed by atoms with Crippen LogP contribution in [0.3, 0.4) is 0 Å². The maximum Gasteiger partial charge on any atom is 0.306 e. The molecule has 1 atom stereocenters. The monoisotopic (exact) mass is 456 g/mol. The van der Waals surface area contributed by atoms with Crippen molar-refractivity contribution in [3.63, 3.8) is 0 Å². The quantitative estimate of drug-likeness (QED) is 0.307. The fourth-order valence-electron chi connectivity index (χ4n) is 3.88. The minimum Gasteiger partial charge on any atom is -0.469 e. The lowest BCUT2D eigenvalue weighted by atomic mass is 9.89. The Morgan fingerprint density at radius 3 is 2.55 bits per heavy atom. The van der Waals surface area contributed by atoms with Crippen molar-refractivity contribution >= 4 is 11.9 Å². The number of rotatable bonds is 9. The van der Waals surface area contributed by atoms with E-state index in [1.165, 1.54) is 11.1 Å². The maximum atomic E-state index is 11.9. The van der Waals surface area contributed by atoms with Gasteiger partial charge in [0, 0.05) is 19.3 Å². The second-order valence-electron chi connectivity index (χ2n) is 9.00. The van der Waals surface area contributed by atoms with Crippen molar-refractivity contribution in [3.05, 3.63) is 59.1 Å². The van der Waals surface area contributed by atoms with Crippen molar-refractivity contribution in [2.24, 2.45) is 5.92 Å². The Morgan fingerprint density at radius 2 is 1.82 bits per heavy atom. The first kappa shape index (κ1) is 26.7. The van der Waals surface area contributed by atoms with E-state index >= 15 is 0 Å². The minimum absolute atomic E-state index is 0.153. The number of allylic oxidation sites excluding steroid dienone is 3. The van der Waals surface area contributed by atoms with Gasteiger partial charge in [-0.2, -0.15) is 0 Å². The third-order valence-corrected chi connectivity index (χ3v) is 5.91. The standard InChI is InChI=1S/C28H40O5/c1-5-8-27(29)32-18-22(4)25-14-12-21(3)16-26-17-24(20-31-26)11-7-10-23(13-15-25)19-33-28(30)9-6-2/h10,12,17,20,25H,4-9,11,13-16,18-19H2,1-3H3/t25-/m1/s1. The smallest absolute Gasteiger partial charge is 0.306 e. The summed E-state index contributed by atoms with van der Waals surface area (Å²) in [4.78, 5) is 23.7. The molecule has 0 aliphatic heterocycles. The highest BCUT2D eigenvalue weighted by Crippen LogP contribution is 2.26. The lowest BCUT2D eigenvalue weighted by molar-refractivity contribution is -0.143. The van der Waals surface area contributed by atoms with Gasteiger partial charge >= 0.3 is 11.9 Å². The van der Waals surface area contributed by atoms with Crippen LogP contribution >= 0.6 is 0 Å². The number of carbonyl (C=O) groups is 2. The molecular formula is C28H40O5. The number of carbonyl (C=O) groups excluding carboxylic acids is 2. The summed E-state index contributed by atoms with van der Waals surface area (Å²) >= 11 is 0. The molecular weight excluding hydrogens is 416 g/mol. The van der Waals surface area contributed by atoms with Gasteiger partial charge in [0.15, 0.2) is 0 Å². The average Bonchev–Trinajstić information content (AvgIpc) is 3.22. The molecule has 0 fully saturated rings. The predicted molar refractivity (Wildman–Crippen MR) is 131 cm³/mol. The summed E-state index contributed by atoms with van der Waals surface area (Å²) in [6.45, 7) is 10.9. The molecule has 0 N–H and O–H groups in total. The van der Waals surface area contributed by atoms with Gasteiger partial charge in [-0.3, -0.25) is 9.59 Å². The first-order valence-electron chi connectivity index (χ1n) is 12.3. The SMILES string of the molecule is C=C(COC(=O)CCC)[C@@H]1CC=C(C)Cc2cc(co2)CCC=C(COC(=O)CCC)CC1. The molecule has 2 rings (SSSR count). The number of hydrogen-bond donors (Lipinski definition) is 0. The highest BCUT2D eigenvalue weighted by atomic mass is 16.5. The minimum atomic E-state index is -0.177. The fourth-order valence-corrected chi connectivity index (χ4v) is 3.88. The van der Waals surface area contributed by atoms with Gasteiger partial charge in [0.05, 0.1) is 6.26 Å². The van der Waals surface area contributed by atoms with Crippen LogP contribution < -0.4 is 0 Å². The highest BCUT2D eigenvalue weighted by Gasteiger charge is 2.16. The van der Waals surface area contributed by atoms with E-state index in [9.17, 15) is 9.59 Å². The molecule has 1 aliphatic carbocycles. The van der Waals surface area contributed by atoms with Gasteiger partial charge in [-0.25, -0.2) is 0 Å². The molecule has 1 aromatic heterocycles. The molecule has 0 aromatic carbocycles. The molecule has 182 valence electrons. The summed E-state index contributed by atoms with van der Waals surface area (Å²) in [5.41, 5.74) is 4.49. The normalized spacial score (nSPS) is 17.4. The summed E-state index contributed by atoms with van der Waals surface area (Å²) in [7, 11) is 0. The molecule has 0 unspecified atom stereocenters. The molecule has 1 aromatic rings. The van der Waals surface area contributed by atoms with Gasteiger partial charge in [0.2, 0.25) is 0 Å². The Labute approximate surface area is 198 Å². The van der Waals surface area contributed by atoms with E-state index in [1.54, 1.807) is 0 Å². The van der Waals surface area contributed by atoms with Crippen molar-refractivity contribution in [1.29, 1.82) is 0 Å². The van der Waals surface area contributed by atoms with Gasteiger partial charge < -0.3 is 13.9 Å². The largest absolute Gasteiger partial charge is 0.469 e. The van der Waals surface area contributed by atoms with Crippen molar-refractivity contribution in [1.82, 2.24) is 0 Å². The molecule has 0 saturated carbocycles. The van der Waals surface area contributed by atoms with E-state index in [2.05, 4.69) is 31.7 Å². The van der Waals surface area contributed by atoms with Gasteiger partial charge in [-0.05, 0) is 80.6 Å². The number of hydrogen-bond acceptors (Lipinski definition) is 5. The summed E-state index contributed by atoms with van der Waals surface area (Å²) in [5.74, 6) is 0.819. The molecule has 1 heterocycles. The molecule has 1 aliphatic rings. The number of aryl methyl sites for hydroxylation is 1. The third-order valence-electron chi connectivity index (χ3n) is 5.91. The molecule has 2 bridgehead atoms. The Morgan fingerprint density at radius 1 is 1.09 bits per heavy atom. The van der Waals surface area contributed by atoms with E-state index < -0.39 is 0 Å². The molecule has 33 heavy (non-hydrogen) atoms. The number of esters is 2. The number of ether oxygens (including phenoxy) is 2. The van der Waals surface area contributed by atoms with Crippen LogP contribution in [0, 0.1) is 5.92 Å². The van der Waals surface area contributed by atoms with Gasteiger partial charge in [-0.15, -0.1) is 0 Å². The van der Waals surface area contributed by atoms with Gasteiger partial charge in [0.1, 0.15) is 19.0 Å². The maximum absolute atomic E-state index is 11.9. The molecule has 5 heteroatoms. The summed E-state index contributed by atoms with van der Waals surface area (Å²) in [6.07, 6.45) is 13.8. The van der Waals surface area contributed by atoms with Crippen molar-refractivity contribution < 1.29 is 23.5 Å². The summed E-state index contributed by atoms with van der Waals surface area (Å²) in [5, 5.41) is 0. The molecule has 0 saturated heterocycles. The first-order valence-corrected chi connectivity index (χ1v) is 12.3. The van der Waals surface area contributed by atoms with Crippen LogP contribution in [0.1, 0.15) is 83.5 Å². The van der Waals surface area contributed by atoms with Crippen LogP contribution in [0.4, 0.5) is 0 Å². The Bertz CT molecular complexity index is 842. The lowest BCUT2D eigenvalue weighted by Gasteiger charge is -2.20. The Balaban J connectivity index is 2.14. The second kappa shape index (κ2) is 14.6. The Hall–Kier alpha value is -2.56. The van der Waals surface area contributed by atoms with Gasteiger partial charge in [0.25, 0.3) is 0 Å². The molecule has 0 spiro atoms. The van der Waals surface area contributed by atoms with Crippen molar-refractivity contribution in [2.45, 2.75) is 85.0 Å². The zero-order valence-electron chi connectivity index (χ0n) is 20.6. The molecule has 5 nitrogen and oxygen atoms in total. The zero-order chi connectivity index (χ0) is 24.1. The first-order chi connectivity index (χ1) is 15.9. The molecule has 0 radical (unpaired) electrons. The third kappa shape index (κ3) is 10.3. The summed E-state index contributed by atoms with van der Waals surface area (Å²) in [6, 6.07) is 2.13. The molecule has 0 amide bonds. The number of fused-ring (bicyclic) bond motifs is 2. The van der Waals surface area contributed by atoms with E-state index in [1.807, 2.05) is 20.1 Å². The van der Waals surface area contributed by atoms with Crippen LogP contribution in [-0.2, 0) is 31.9 Å². The Kier molecular flexibility index (Phi) is 11.8. The topological polar surface area (TPSA) is 65.7 Å². The number of furan rings is 1. The van der Waals surface area contributed by atoms with Crippen LogP contribution in [0.5, 0.6) is 0 Å². The fraction of sp³-hybridized carbons (Fsp3) is 0.571. The van der Waals surface area contributed by atoms with E-state index in [0.717, 1.165) is 68.3 Å². The van der Waals surface area contributed by atoms with Crippen molar-refractivity contribution in [3.8, 4) is 0 Å². The van der Waals surface area contributed by atoms with Crippen LogP contribution in [-0.4, -0.2) is 25.2 Å². The van der Waals surface area contributed by atoms with Gasteiger partial charge in [-0.1, -0.05) is 38.2 Å². The highest BCUT2D eigenvalue weighted by molar-refractivity contribution is 5.69. The van der Waals surface area contributed by atoms with Crippen LogP contribution in [0.2, 0.25) is 0 Å². The lowest BCUT2D eigenvalue weighted by Crippen LogP contribution is -2.14. The van der Waals surface area contributed by atoms with Crippen LogP contribution in [0.15, 0.2) is 52.2 Å². The van der Waals surface area contributed by atoms with E-state index in [0.29, 0.717) is 19.4 Å². The predicted octanol–water partition coefficient (Wildman–Crippen LogP) is 6.67.